The third-order valence-corrected chi connectivity index (χ3v) is 9.60. The van der Waals surface area contributed by atoms with Crippen LogP contribution in [0.5, 0.6) is 0 Å². The molecule has 2 fully saturated rings. The quantitative estimate of drug-likeness (QED) is 0.212. The number of pyridine rings is 1. The Balaban J connectivity index is 1.42. The van der Waals surface area contributed by atoms with Crippen LogP contribution < -0.4 is 5.32 Å². The van der Waals surface area contributed by atoms with Gasteiger partial charge in [-0.1, -0.05) is 61.9 Å². The summed E-state index contributed by atoms with van der Waals surface area (Å²) in [7, 11) is 1.32. The number of alkyl carbamates (subject to hydrolysis) is 1. The molecule has 5 atom stereocenters. The van der Waals surface area contributed by atoms with Crippen LogP contribution in [0.4, 0.5) is 4.79 Å². The molecular formula is C35H50ClN3O6. The van der Waals surface area contributed by atoms with Crippen LogP contribution in [-0.4, -0.2) is 77.7 Å². The van der Waals surface area contributed by atoms with Gasteiger partial charge < -0.3 is 29.9 Å². The molecule has 2 aromatic rings. The highest BCUT2D eigenvalue weighted by atomic mass is 35.5. The maximum absolute atomic E-state index is 13.9. The average Bonchev–Trinajstić information content (AvgIpc) is 3.07. The summed E-state index contributed by atoms with van der Waals surface area (Å²) in [5, 5.41) is 25.7. The maximum atomic E-state index is 13.9. The zero-order valence-corrected chi connectivity index (χ0v) is 27.2. The summed E-state index contributed by atoms with van der Waals surface area (Å²) in [5.41, 5.74) is 1.81. The molecule has 5 unspecified atom stereocenters. The topological polar surface area (TPSA) is 121 Å². The standard InChI is InChI=1S/C35H50ClN3O6/c1-44-35(43)38-18-20-45-34(26-11-7-13-29(36)22-26)27-12-8-19-39(24-27)32(41)23-28(21-25-9-3-2-4-10-25)33(42)31(40)16-15-30-14-5-6-17-37-30/h5-7,11,13-14,17,22,25,27-28,31,33-34,40,42H,2-4,8-10,12,15-16,18-21,23-24H2,1H3,(H,38,43). The van der Waals surface area contributed by atoms with Crippen molar-refractivity contribution in [2.24, 2.45) is 17.8 Å². The second kappa shape index (κ2) is 18.4. The van der Waals surface area contributed by atoms with Crippen LogP contribution in [0.15, 0.2) is 48.7 Å². The third-order valence-electron chi connectivity index (χ3n) is 9.37. The van der Waals surface area contributed by atoms with Crippen LogP contribution in [0.2, 0.25) is 5.02 Å². The lowest BCUT2D eigenvalue weighted by Crippen LogP contribution is -2.45. The number of nitrogens with one attached hydrogen (secondary N) is 1. The molecule has 10 heteroatoms. The van der Waals surface area contributed by atoms with Gasteiger partial charge in [-0.3, -0.25) is 9.78 Å². The molecule has 0 bridgehead atoms. The van der Waals surface area contributed by atoms with Crippen molar-refractivity contribution in [2.45, 2.75) is 88.9 Å². The van der Waals surface area contributed by atoms with E-state index in [9.17, 15) is 19.8 Å². The number of hydrogen-bond donors (Lipinski definition) is 3. The van der Waals surface area contributed by atoms with Crippen LogP contribution in [0.25, 0.3) is 0 Å². The first-order chi connectivity index (χ1) is 21.8. The van der Waals surface area contributed by atoms with Crippen molar-refractivity contribution in [3.05, 3.63) is 64.9 Å². The van der Waals surface area contributed by atoms with Gasteiger partial charge in [-0.15, -0.1) is 0 Å². The fraction of sp³-hybridized carbons (Fsp3) is 0.629. The van der Waals surface area contributed by atoms with E-state index in [0.717, 1.165) is 43.4 Å². The zero-order chi connectivity index (χ0) is 32.0. The minimum Gasteiger partial charge on any atom is -0.453 e. The Morgan fingerprint density at radius 1 is 1.09 bits per heavy atom. The summed E-state index contributed by atoms with van der Waals surface area (Å²) in [4.78, 5) is 31.6. The molecule has 0 radical (unpaired) electrons. The van der Waals surface area contributed by atoms with Crippen molar-refractivity contribution >= 4 is 23.6 Å². The van der Waals surface area contributed by atoms with Gasteiger partial charge in [-0.25, -0.2) is 4.79 Å². The van der Waals surface area contributed by atoms with Crippen LogP contribution in [0.1, 0.15) is 81.6 Å². The number of piperidine rings is 1. The molecule has 2 amide bonds. The molecule has 1 aromatic carbocycles. The highest BCUT2D eigenvalue weighted by Crippen LogP contribution is 2.36. The number of aliphatic hydroxyl groups is 2. The minimum atomic E-state index is -0.981. The predicted octanol–water partition coefficient (Wildman–Crippen LogP) is 5.72. The summed E-state index contributed by atoms with van der Waals surface area (Å²) in [6.45, 7) is 1.75. The number of nitrogens with zero attached hydrogens (tertiary/aromatic N) is 2. The van der Waals surface area contributed by atoms with E-state index < -0.39 is 18.3 Å². The van der Waals surface area contributed by atoms with Crippen molar-refractivity contribution < 1.29 is 29.3 Å². The molecular weight excluding hydrogens is 594 g/mol. The number of aromatic nitrogens is 1. The zero-order valence-electron chi connectivity index (χ0n) is 26.5. The van der Waals surface area contributed by atoms with Gasteiger partial charge in [0, 0.05) is 48.9 Å². The number of aliphatic hydroxyl groups excluding tert-OH is 2. The number of likely N-dealkylation sites (tertiary alicyclic amines) is 1. The van der Waals surface area contributed by atoms with E-state index in [-0.39, 0.29) is 36.9 Å². The molecule has 1 aromatic heterocycles. The van der Waals surface area contributed by atoms with Crippen LogP contribution in [-0.2, 0) is 20.7 Å². The number of carbonyl (C=O) groups excluding carboxylic acids is 2. The van der Waals surface area contributed by atoms with Gasteiger partial charge >= 0.3 is 6.09 Å². The van der Waals surface area contributed by atoms with Crippen molar-refractivity contribution in [1.82, 2.24) is 15.2 Å². The van der Waals surface area contributed by atoms with Crippen molar-refractivity contribution in [3.63, 3.8) is 0 Å². The Morgan fingerprint density at radius 3 is 2.64 bits per heavy atom. The fourth-order valence-corrected chi connectivity index (χ4v) is 7.16. The molecule has 248 valence electrons. The Bertz CT molecular complexity index is 1180. The van der Waals surface area contributed by atoms with Gasteiger partial charge in [-0.2, -0.15) is 0 Å². The molecule has 4 rings (SSSR count). The first-order valence-corrected chi connectivity index (χ1v) is 16.9. The third kappa shape index (κ3) is 11.2. The minimum absolute atomic E-state index is 0.00804. The Morgan fingerprint density at radius 2 is 1.91 bits per heavy atom. The van der Waals surface area contributed by atoms with E-state index >= 15 is 0 Å². The molecule has 9 nitrogen and oxygen atoms in total. The van der Waals surface area contributed by atoms with E-state index in [4.69, 9.17) is 16.3 Å². The van der Waals surface area contributed by atoms with E-state index in [2.05, 4.69) is 15.0 Å². The Kier molecular flexibility index (Phi) is 14.4. The predicted molar refractivity (Wildman–Crippen MR) is 174 cm³/mol. The Labute approximate surface area is 272 Å². The van der Waals surface area contributed by atoms with Gasteiger partial charge in [0.25, 0.3) is 0 Å². The normalized spacial score (nSPS) is 20.2. The number of methoxy groups -OCH3 is 1. The lowest BCUT2D eigenvalue weighted by atomic mass is 9.78. The number of halogens is 1. The van der Waals surface area contributed by atoms with E-state index in [1.54, 1.807) is 6.20 Å². The molecule has 2 aliphatic rings. The molecule has 1 aliphatic carbocycles. The van der Waals surface area contributed by atoms with E-state index in [1.165, 1.54) is 26.4 Å². The van der Waals surface area contributed by atoms with Gasteiger partial charge in [0.2, 0.25) is 5.91 Å². The average molecular weight is 644 g/mol. The monoisotopic (exact) mass is 643 g/mol. The first-order valence-electron chi connectivity index (χ1n) is 16.6. The second-order valence-corrected chi connectivity index (χ2v) is 13.1. The molecule has 1 saturated heterocycles. The number of rotatable bonds is 15. The summed E-state index contributed by atoms with van der Waals surface area (Å²) in [6, 6.07) is 13.3. The lowest BCUT2D eigenvalue weighted by Gasteiger charge is -2.38. The van der Waals surface area contributed by atoms with Crippen molar-refractivity contribution in [2.75, 3.05) is 33.4 Å². The molecule has 2 heterocycles. The van der Waals surface area contributed by atoms with E-state index in [0.29, 0.717) is 43.4 Å². The maximum Gasteiger partial charge on any atom is 0.406 e. The number of hydrogen-bond acceptors (Lipinski definition) is 7. The Hall–Kier alpha value is -2.72. The van der Waals surface area contributed by atoms with Crippen molar-refractivity contribution in [1.29, 1.82) is 0 Å². The van der Waals surface area contributed by atoms with Gasteiger partial charge in [0.15, 0.2) is 0 Å². The second-order valence-electron chi connectivity index (χ2n) is 12.6. The summed E-state index contributed by atoms with van der Waals surface area (Å²) in [6.07, 6.45) is 8.42. The van der Waals surface area contributed by atoms with Crippen LogP contribution in [0, 0.1) is 17.8 Å². The van der Waals surface area contributed by atoms with Crippen molar-refractivity contribution in [3.8, 4) is 0 Å². The number of amides is 2. The van der Waals surface area contributed by atoms with Gasteiger partial charge in [-0.05, 0) is 73.8 Å². The van der Waals surface area contributed by atoms with E-state index in [1.807, 2.05) is 47.4 Å². The lowest BCUT2D eigenvalue weighted by molar-refractivity contribution is -0.138. The van der Waals surface area contributed by atoms with Crippen LogP contribution in [0.3, 0.4) is 0 Å². The number of carbonyl (C=O) groups is 2. The molecule has 3 N–H and O–H groups in total. The number of benzene rings is 1. The van der Waals surface area contributed by atoms with Crippen LogP contribution >= 0.6 is 11.6 Å². The molecule has 45 heavy (non-hydrogen) atoms. The highest BCUT2D eigenvalue weighted by Gasteiger charge is 2.35. The smallest absolute Gasteiger partial charge is 0.406 e. The molecule has 0 spiro atoms. The SMILES string of the molecule is COC(=O)NCCOC(c1cccc(Cl)c1)C1CCCN(C(=O)CC(CC2CCCCC2)C(O)C(O)CCc2ccccn2)C1. The fourth-order valence-electron chi connectivity index (χ4n) is 6.96. The van der Waals surface area contributed by atoms with Gasteiger partial charge in [0.05, 0.1) is 32.0 Å². The molecule has 1 saturated carbocycles. The number of aryl methyl sites for hydroxylation is 1. The summed E-state index contributed by atoms with van der Waals surface area (Å²) in [5.74, 6) is 0.185. The first kappa shape index (κ1) is 35.1. The largest absolute Gasteiger partial charge is 0.453 e. The van der Waals surface area contributed by atoms with Gasteiger partial charge in [0.1, 0.15) is 0 Å². The summed E-state index contributed by atoms with van der Waals surface area (Å²) < 4.78 is 11.0. The highest BCUT2D eigenvalue weighted by molar-refractivity contribution is 6.30. The number of ether oxygens (including phenoxy) is 2. The molecule has 1 aliphatic heterocycles. The summed E-state index contributed by atoms with van der Waals surface area (Å²) >= 11 is 6.34.